The number of carbonyl (C=O) groups excluding carboxylic acids is 3. The number of amides is 2. The van der Waals surface area contributed by atoms with Gasteiger partial charge in [0.25, 0.3) is 0 Å². The molecule has 1 fully saturated rings. The fourth-order valence-corrected chi connectivity index (χ4v) is 5.10. The lowest BCUT2D eigenvalue weighted by molar-refractivity contribution is 0.0200. The summed E-state index contributed by atoms with van der Waals surface area (Å²) >= 11 is 0. The molecule has 0 spiro atoms. The molecule has 0 aliphatic carbocycles. The van der Waals surface area contributed by atoms with Crippen LogP contribution in [0.1, 0.15) is 80.7 Å². The molecule has 1 aliphatic rings. The molecule has 0 N–H and O–H groups in total. The Labute approximate surface area is 260 Å². The highest BCUT2D eigenvalue weighted by molar-refractivity contribution is 5.92. The number of fused-ring (bicyclic) bond motifs is 1. The molecule has 238 valence electrons. The minimum atomic E-state index is -0.666. The van der Waals surface area contributed by atoms with E-state index in [0.29, 0.717) is 37.3 Å². The number of ether oxygens (including phenoxy) is 3. The van der Waals surface area contributed by atoms with Crippen molar-refractivity contribution in [3.8, 4) is 11.1 Å². The number of pyridine rings is 1. The molecule has 0 atom stereocenters. The number of aryl methyl sites for hydroxylation is 1. The summed E-state index contributed by atoms with van der Waals surface area (Å²) in [5.41, 5.74) is 2.09. The van der Waals surface area contributed by atoms with Crippen molar-refractivity contribution in [2.24, 2.45) is 0 Å². The van der Waals surface area contributed by atoms with Crippen molar-refractivity contribution in [1.29, 1.82) is 0 Å². The van der Waals surface area contributed by atoms with Crippen LogP contribution in [-0.4, -0.2) is 68.7 Å². The van der Waals surface area contributed by atoms with Crippen molar-refractivity contribution in [2.45, 2.75) is 105 Å². The minimum Gasteiger partial charge on any atom is -0.444 e. The van der Waals surface area contributed by atoms with Crippen molar-refractivity contribution in [1.82, 2.24) is 14.5 Å². The Morgan fingerprint density at radius 3 is 1.89 bits per heavy atom. The molecule has 0 bridgehead atoms. The first kappa shape index (κ1) is 32.8. The van der Waals surface area contributed by atoms with E-state index in [9.17, 15) is 14.4 Å². The summed E-state index contributed by atoms with van der Waals surface area (Å²) in [6, 6.07) is 9.57. The quantitative estimate of drug-likeness (QED) is 0.279. The smallest absolute Gasteiger partial charge is 0.420 e. The van der Waals surface area contributed by atoms with Gasteiger partial charge in [0.1, 0.15) is 22.5 Å². The molecule has 1 aliphatic heterocycles. The molecule has 10 nitrogen and oxygen atoms in total. The Morgan fingerprint density at radius 1 is 0.795 bits per heavy atom. The van der Waals surface area contributed by atoms with Crippen LogP contribution in [0.4, 0.5) is 20.1 Å². The standard InChI is InChI=1S/C34H46N4O6/c1-22-21-37(30(40)43-33(5,6)7)28-27(22)19-24(20-35-28)23-11-13-25(14-12-23)38(31(41)44-34(8,9)10)26-15-17-36(18-16-26)29(39)42-32(2,3)4/h11-14,19-21,26H,15-18H2,1-10H3. The maximum absolute atomic E-state index is 13.5. The molecule has 4 rings (SSSR count). The summed E-state index contributed by atoms with van der Waals surface area (Å²) in [6.45, 7) is 19.5. The van der Waals surface area contributed by atoms with E-state index >= 15 is 0 Å². The van der Waals surface area contributed by atoms with Crippen molar-refractivity contribution in [3.05, 3.63) is 48.3 Å². The van der Waals surface area contributed by atoms with Crippen LogP contribution in [0.15, 0.2) is 42.7 Å². The summed E-state index contributed by atoms with van der Waals surface area (Å²) in [5.74, 6) is 0. The third kappa shape index (κ3) is 8.09. The fourth-order valence-electron chi connectivity index (χ4n) is 5.10. The number of likely N-dealkylation sites (tertiary alicyclic amines) is 1. The second-order valence-electron chi connectivity index (χ2n) is 14.4. The zero-order valence-corrected chi connectivity index (χ0v) is 27.7. The number of piperidine rings is 1. The average molecular weight is 607 g/mol. The van der Waals surface area contributed by atoms with Gasteiger partial charge in [0.15, 0.2) is 0 Å². The lowest BCUT2D eigenvalue weighted by Crippen LogP contribution is -2.51. The van der Waals surface area contributed by atoms with Crippen LogP contribution in [0.3, 0.4) is 0 Å². The van der Waals surface area contributed by atoms with Crippen LogP contribution in [-0.2, 0) is 14.2 Å². The lowest BCUT2D eigenvalue weighted by atomic mass is 10.0. The SMILES string of the molecule is Cc1cn(C(=O)OC(C)(C)C)c2ncc(-c3ccc(N(C(=O)OC(C)(C)C)C4CCN(C(=O)OC(C)(C)C)CC4)cc3)cc12. The first-order chi connectivity index (χ1) is 20.3. The highest BCUT2D eigenvalue weighted by Crippen LogP contribution is 2.31. The molecule has 10 heteroatoms. The zero-order valence-electron chi connectivity index (χ0n) is 27.7. The summed E-state index contributed by atoms with van der Waals surface area (Å²) in [4.78, 5) is 46.9. The predicted molar refractivity (Wildman–Crippen MR) is 171 cm³/mol. The van der Waals surface area contributed by atoms with Crippen LogP contribution < -0.4 is 4.90 Å². The number of anilines is 1. The van der Waals surface area contributed by atoms with E-state index in [2.05, 4.69) is 4.98 Å². The number of nitrogens with zero attached hydrogens (tertiary/aromatic N) is 4. The van der Waals surface area contributed by atoms with Gasteiger partial charge in [0.05, 0.1) is 0 Å². The molecular weight excluding hydrogens is 560 g/mol. The van der Waals surface area contributed by atoms with E-state index in [-0.39, 0.29) is 12.1 Å². The summed E-state index contributed by atoms with van der Waals surface area (Å²) in [6.07, 6.45) is 3.42. The summed E-state index contributed by atoms with van der Waals surface area (Å²) in [5, 5.41) is 0.851. The molecule has 0 radical (unpaired) electrons. The minimum absolute atomic E-state index is 0.150. The third-order valence-electron chi connectivity index (χ3n) is 6.98. The van der Waals surface area contributed by atoms with E-state index in [4.69, 9.17) is 14.2 Å². The topological polar surface area (TPSA) is 103 Å². The molecule has 3 heterocycles. The van der Waals surface area contributed by atoms with Gasteiger partial charge in [0, 0.05) is 48.2 Å². The maximum Gasteiger partial charge on any atom is 0.420 e. The normalized spacial score (nSPS) is 14.8. The van der Waals surface area contributed by atoms with E-state index < -0.39 is 29.0 Å². The second-order valence-corrected chi connectivity index (χ2v) is 14.4. The van der Waals surface area contributed by atoms with Gasteiger partial charge in [-0.25, -0.2) is 23.9 Å². The summed E-state index contributed by atoms with van der Waals surface area (Å²) in [7, 11) is 0. The average Bonchev–Trinajstić information content (AvgIpc) is 3.22. The maximum atomic E-state index is 13.5. The van der Waals surface area contributed by atoms with Gasteiger partial charge in [-0.2, -0.15) is 0 Å². The lowest BCUT2D eigenvalue weighted by Gasteiger charge is -2.39. The van der Waals surface area contributed by atoms with Crippen molar-refractivity contribution < 1.29 is 28.6 Å². The van der Waals surface area contributed by atoms with Crippen LogP contribution in [0.25, 0.3) is 22.2 Å². The van der Waals surface area contributed by atoms with Gasteiger partial charge >= 0.3 is 18.3 Å². The van der Waals surface area contributed by atoms with Gasteiger partial charge in [0.2, 0.25) is 0 Å². The van der Waals surface area contributed by atoms with Crippen molar-refractivity contribution >= 4 is 35.0 Å². The number of hydrogen-bond acceptors (Lipinski definition) is 7. The Morgan fingerprint density at radius 2 is 1.34 bits per heavy atom. The second kappa shape index (κ2) is 12.1. The van der Waals surface area contributed by atoms with Gasteiger partial charge in [-0.1, -0.05) is 12.1 Å². The van der Waals surface area contributed by atoms with E-state index in [0.717, 1.165) is 22.1 Å². The number of benzene rings is 1. The summed E-state index contributed by atoms with van der Waals surface area (Å²) < 4.78 is 18.3. The van der Waals surface area contributed by atoms with Gasteiger partial charge in [-0.15, -0.1) is 0 Å². The van der Waals surface area contributed by atoms with Crippen LogP contribution in [0, 0.1) is 6.92 Å². The third-order valence-corrected chi connectivity index (χ3v) is 6.98. The zero-order chi connectivity index (χ0) is 32.6. The first-order valence-electron chi connectivity index (χ1n) is 15.1. The van der Waals surface area contributed by atoms with Gasteiger partial charge in [-0.3, -0.25) is 4.90 Å². The molecule has 0 saturated carbocycles. The number of rotatable bonds is 3. The van der Waals surface area contributed by atoms with Crippen LogP contribution in [0.5, 0.6) is 0 Å². The van der Waals surface area contributed by atoms with E-state index in [1.165, 1.54) is 4.57 Å². The number of hydrogen-bond donors (Lipinski definition) is 0. The monoisotopic (exact) mass is 606 g/mol. The van der Waals surface area contributed by atoms with Gasteiger partial charge < -0.3 is 19.1 Å². The molecule has 2 amide bonds. The number of carbonyl (C=O) groups is 3. The highest BCUT2D eigenvalue weighted by atomic mass is 16.6. The molecule has 1 aromatic carbocycles. The predicted octanol–water partition coefficient (Wildman–Crippen LogP) is 7.94. The van der Waals surface area contributed by atoms with Crippen molar-refractivity contribution in [3.63, 3.8) is 0 Å². The molecule has 1 saturated heterocycles. The van der Waals surface area contributed by atoms with Crippen LogP contribution in [0.2, 0.25) is 0 Å². The largest absolute Gasteiger partial charge is 0.444 e. The Bertz CT molecular complexity index is 1510. The Kier molecular flexibility index (Phi) is 9.05. The van der Waals surface area contributed by atoms with Crippen molar-refractivity contribution in [2.75, 3.05) is 18.0 Å². The Balaban J connectivity index is 1.57. The fraction of sp³-hybridized carbons (Fsp3) is 0.529. The first-order valence-corrected chi connectivity index (χ1v) is 15.1. The van der Waals surface area contributed by atoms with E-state index in [1.54, 1.807) is 22.2 Å². The van der Waals surface area contributed by atoms with Crippen LogP contribution >= 0.6 is 0 Å². The molecule has 3 aromatic rings. The molecule has 2 aromatic heterocycles. The van der Waals surface area contributed by atoms with Gasteiger partial charge in [-0.05, 0) is 111 Å². The Hall–Kier alpha value is -4.08. The highest BCUT2D eigenvalue weighted by Gasteiger charge is 2.34. The molecule has 44 heavy (non-hydrogen) atoms. The molecular formula is C34H46N4O6. The number of aromatic nitrogens is 2. The van der Waals surface area contributed by atoms with E-state index in [1.807, 2.05) is 99.6 Å². The molecule has 0 unspecified atom stereocenters.